The Balaban J connectivity index is 1.57. The zero-order chi connectivity index (χ0) is 21.3. The van der Waals surface area contributed by atoms with E-state index in [4.69, 9.17) is 16.1 Å². The summed E-state index contributed by atoms with van der Waals surface area (Å²) in [4.78, 5) is 16.0. The Bertz CT molecular complexity index is 1220. The zero-order valence-corrected chi connectivity index (χ0v) is 17.2. The van der Waals surface area contributed by atoms with E-state index in [1.807, 2.05) is 0 Å². The van der Waals surface area contributed by atoms with Gasteiger partial charge in [0.2, 0.25) is 5.69 Å². The molecule has 0 fully saturated rings. The molecule has 0 aliphatic carbocycles. The maximum absolute atomic E-state index is 12.2. The van der Waals surface area contributed by atoms with E-state index in [9.17, 15) is 15.0 Å². The van der Waals surface area contributed by atoms with Gasteiger partial charge in [0.05, 0.1) is 10.8 Å². The lowest BCUT2D eigenvalue weighted by atomic mass is 10.1. The largest absolute Gasteiger partial charge is 0.539 e. The Morgan fingerprint density at radius 1 is 1.30 bits per heavy atom. The first-order valence-electron chi connectivity index (χ1n) is 8.80. The van der Waals surface area contributed by atoms with Crippen molar-refractivity contribution < 1.29 is 24.2 Å². The molecule has 30 heavy (non-hydrogen) atoms. The summed E-state index contributed by atoms with van der Waals surface area (Å²) in [5, 5.41) is 32.2. The molecule has 152 valence electrons. The number of hydrogen-bond acceptors (Lipinski definition) is 8. The number of benzene rings is 2. The number of para-hydroxylation sites is 1. The SMILES string of the molecule is CC(=O)c1cccc(CNc2nc(-c3c([O-])on[n+]3-c3ccc(Cl)cc3)cs2)c1O. The third kappa shape index (κ3) is 3.85. The third-order valence-electron chi connectivity index (χ3n) is 4.36. The molecule has 0 bridgehead atoms. The van der Waals surface area contributed by atoms with Gasteiger partial charge in [-0.2, -0.15) is 0 Å². The van der Waals surface area contributed by atoms with Gasteiger partial charge in [0.15, 0.2) is 22.6 Å². The van der Waals surface area contributed by atoms with E-state index >= 15 is 0 Å². The summed E-state index contributed by atoms with van der Waals surface area (Å²) in [6.07, 6.45) is 0. The maximum atomic E-state index is 12.2. The minimum atomic E-state index is -0.617. The summed E-state index contributed by atoms with van der Waals surface area (Å²) in [6.45, 7) is 1.65. The van der Waals surface area contributed by atoms with Crippen LogP contribution in [0, 0.1) is 0 Å². The van der Waals surface area contributed by atoms with Gasteiger partial charge in [0.1, 0.15) is 5.75 Å². The fraction of sp³-hybridized carbons (Fsp3) is 0.100. The lowest BCUT2D eigenvalue weighted by molar-refractivity contribution is -0.660. The van der Waals surface area contributed by atoms with Crippen molar-refractivity contribution in [1.82, 2.24) is 10.3 Å². The van der Waals surface area contributed by atoms with Crippen LogP contribution in [0.15, 0.2) is 52.4 Å². The van der Waals surface area contributed by atoms with Crippen molar-refractivity contribution in [2.45, 2.75) is 13.5 Å². The van der Waals surface area contributed by atoms with Crippen LogP contribution in [0.1, 0.15) is 22.8 Å². The monoisotopic (exact) mass is 442 g/mol. The molecule has 0 amide bonds. The van der Waals surface area contributed by atoms with Crippen molar-refractivity contribution in [3.05, 3.63) is 64.0 Å². The van der Waals surface area contributed by atoms with Crippen molar-refractivity contribution in [2.24, 2.45) is 0 Å². The van der Waals surface area contributed by atoms with E-state index in [1.54, 1.807) is 47.8 Å². The molecule has 0 spiro atoms. The first-order valence-corrected chi connectivity index (χ1v) is 10.1. The number of aromatic nitrogens is 3. The Kier molecular flexibility index (Phi) is 5.39. The second kappa shape index (κ2) is 8.13. The predicted octanol–water partition coefficient (Wildman–Crippen LogP) is 3.32. The number of ketones is 1. The molecular formula is C20H15ClN4O4S. The summed E-state index contributed by atoms with van der Waals surface area (Å²) < 4.78 is 6.19. The quantitative estimate of drug-likeness (QED) is 0.347. The van der Waals surface area contributed by atoms with Crippen molar-refractivity contribution in [3.8, 4) is 28.8 Å². The second-order valence-electron chi connectivity index (χ2n) is 6.36. The molecule has 0 radical (unpaired) electrons. The topological polar surface area (TPSA) is 115 Å². The highest BCUT2D eigenvalue weighted by Crippen LogP contribution is 2.29. The van der Waals surface area contributed by atoms with Gasteiger partial charge < -0.3 is 20.1 Å². The number of halogens is 1. The molecule has 8 nitrogen and oxygen atoms in total. The normalized spacial score (nSPS) is 10.9. The number of rotatable bonds is 6. The van der Waals surface area contributed by atoms with Crippen LogP contribution >= 0.6 is 22.9 Å². The lowest BCUT2D eigenvalue weighted by Gasteiger charge is -2.08. The van der Waals surface area contributed by atoms with Gasteiger partial charge in [-0.05, 0) is 29.8 Å². The summed E-state index contributed by atoms with van der Waals surface area (Å²) in [5.41, 5.74) is 2.01. The Hall–Kier alpha value is -3.43. The molecule has 2 heterocycles. The number of carbonyl (C=O) groups excluding carboxylic acids is 1. The number of thiazole rings is 1. The number of nitrogens with zero attached hydrogens (tertiary/aromatic N) is 3. The molecule has 4 rings (SSSR count). The average Bonchev–Trinajstić information content (AvgIpc) is 3.34. The molecule has 0 aliphatic rings. The summed E-state index contributed by atoms with van der Waals surface area (Å²) in [7, 11) is 0. The Morgan fingerprint density at radius 2 is 2.07 bits per heavy atom. The van der Waals surface area contributed by atoms with Crippen LogP contribution < -0.4 is 15.1 Å². The van der Waals surface area contributed by atoms with Crippen LogP contribution in [-0.4, -0.2) is 21.1 Å². The van der Waals surface area contributed by atoms with Crippen molar-refractivity contribution in [1.29, 1.82) is 0 Å². The van der Waals surface area contributed by atoms with Crippen LogP contribution in [0.3, 0.4) is 0 Å². The number of hydrogen-bond donors (Lipinski definition) is 2. The van der Waals surface area contributed by atoms with E-state index in [1.165, 1.54) is 22.9 Å². The van der Waals surface area contributed by atoms with E-state index < -0.39 is 5.95 Å². The van der Waals surface area contributed by atoms with E-state index in [-0.39, 0.29) is 29.3 Å². The van der Waals surface area contributed by atoms with Crippen molar-refractivity contribution in [3.63, 3.8) is 0 Å². The molecule has 0 saturated carbocycles. The van der Waals surface area contributed by atoms with E-state index in [2.05, 4.69) is 15.6 Å². The number of nitrogens with one attached hydrogen (secondary N) is 1. The van der Waals surface area contributed by atoms with Gasteiger partial charge in [-0.1, -0.05) is 23.7 Å². The smallest absolute Gasteiger partial charge is 0.289 e. The van der Waals surface area contributed by atoms with Crippen LogP contribution in [-0.2, 0) is 6.54 Å². The summed E-state index contributed by atoms with van der Waals surface area (Å²) in [6, 6.07) is 11.8. The van der Waals surface area contributed by atoms with Gasteiger partial charge in [-0.15, -0.1) is 11.3 Å². The number of phenolic OH excluding ortho intramolecular Hbond substituents is 1. The summed E-state index contributed by atoms with van der Waals surface area (Å²) >= 11 is 7.20. The van der Waals surface area contributed by atoms with Crippen LogP contribution in [0.2, 0.25) is 5.02 Å². The predicted molar refractivity (Wildman–Crippen MR) is 109 cm³/mol. The molecule has 2 aromatic heterocycles. The lowest BCUT2D eigenvalue weighted by Crippen LogP contribution is -2.34. The van der Waals surface area contributed by atoms with Gasteiger partial charge in [-0.25, -0.2) is 4.98 Å². The fourth-order valence-corrected chi connectivity index (χ4v) is 3.69. The number of phenols is 1. The molecular weight excluding hydrogens is 428 g/mol. The maximum Gasteiger partial charge on any atom is 0.289 e. The Labute approximate surface area is 180 Å². The van der Waals surface area contributed by atoms with Gasteiger partial charge >= 0.3 is 0 Å². The highest BCUT2D eigenvalue weighted by Gasteiger charge is 2.25. The standard InChI is InChI=1S/C20H15ClN4O4S/c1-11(26)15-4-2-3-12(18(15)27)9-22-20-23-16(10-30-20)17-19(28)29-24-25(17)14-7-5-13(21)6-8-14/h2-8,10H,9H2,1H3,(H2-,22,23,24,26,27,28). The molecule has 4 aromatic rings. The van der Waals surface area contributed by atoms with E-state index in [0.29, 0.717) is 27.1 Å². The van der Waals surface area contributed by atoms with E-state index in [0.717, 1.165) is 0 Å². The highest BCUT2D eigenvalue weighted by molar-refractivity contribution is 7.14. The molecule has 0 unspecified atom stereocenters. The van der Waals surface area contributed by atoms with Crippen LogP contribution in [0.4, 0.5) is 5.13 Å². The molecule has 10 heteroatoms. The number of carbonyl (C=O) groups is 1. The highest BCUT2D eigenvalue weighted by atomic mass is 35.5. The first kappa shape index (κ1) is 19.9. The van der Waals surface area contributed by atoms with Crippen LogP contribution in [0.25, 0.3) is 17.1 Å². The van der Waals surface area contributed by atoms with Gasteiger partial charge in [0, 0.05) is 34.6 Å². The van der Waals surface area contributed by atoms with Crippen LogP contribution in [0.5, 0.6) is 11.7 Å². The van der Waals surface area contributed by atoms with Crippen molar-refractivity contribution in [2.75, 3.05) is 5.32 Å². The minimum Gasteiger partial charge on any atom is -0.539 e. The minimum absolute atomic E-state index is 0.0595. The first-order chi connectivity index (χ1) is 14.4. The zero-order valence-electron chi connectivity index (χ0n) is 15.6. The number of anilines is 1. The molecule has 2 N–H and O–H groups in total. The number of aromatic hydroxyl groups is 1. The Morgan fingerprint density at radius 3 is 2.80 bits per heavy atom. The average molecular weight is 443 g/mol. The molecule has 2 aromatic carbocycles. The molecule has 0 atom stereocenters. The third-order valence-corrected chi connectivity index (χ3v) is 5.41. The summed E-state index contributed by atoms with van der Waals surface area (Å²) in [5.74, 6) is -0.891. The van der Waals surface area contributed by atoms with Gasteiger partial charge in [0.25, 0.3) is 5.69 Å². The fourth-order valence-electron chi connectivity index (χ4n) is 2.87. The number of Topliss-reactive ketones (excluding diaryl/α,β-unsaturated/α-hetero) is 1. The van der Waals surface area contributed by atoms with Crippen molar-refractivity contribution >= 4 is 33.9 Å². The second-order valence-corrected chi connectivity index (χ2v) is 7.65. The molecule has 0 saturated heterocycles. The molecule has 0 aliphatic heterocycles. The van der Waals surface area contributed by atoms with Gasteiger partial charge in [-0.3, -0.25) is 4.79 Å².